The highest BCUT2D eigenvalue weighted by Gasteiger charge is 2.25. The van der Waals surface area contributed by atoms with E-state index in [-0.39, 0.29) is 0 Å². The summed E-state index contributed by atoms with van der Waals surface area (Å²) in [5.41, 5.74) is 0. The van der Waals surface area contributed by atoms with E-state index in [2.05, 4.69) is 0 Å². The average Bonchev–Trinajstić information content (AvgIpc) is 2.40. The van der Waals surface area contributed by atoms with Gasteiger partial charge in [-0.1, -0.05) is 0 Å². The van der Waals surface area contributed by atoms with E-state index in [1.54, 1.807) is 31.4 Å². The van der Waals surface area contributed by atoms with E-state index < -0.39 is 10.0 Å². The maximum Gasteiger partial charge on any atom is 0.243 e. The maximum absolute atomic E-state index is 12.2. The fourth-order valence-corrected chi connectivity index (χ4v) is 3.09. The second kappa shape index (κ2) is 5.03. The standard InChI is InChI=1S/C11H15NO4S/c1-15-10-2-4-11(5-3-10)17(13,14)12-6-8-16-9-7-12/h2-5H,6-9H2,1H3. The molecule has 0 aliphatic carbocycles. The summed E-state index contributed by atoms with van der Waals surface area (Å²) in [6.45, 7) is 1.73. The number of methoxy groups -OCH3 is 1. The Morgan fingerprint density at radius 3 is 2.29 bits per heavy atom. The molecule has 1 aromatic carbocycles. The molecule has 1 heterocycles. The molecule has 0 radical (unpaired) electrons. The van der Waals surface area contributed by atoms with Gasteiger partial charge in [-0.05, 0) is 24.3 Å². The molecule has 17 heavy (non-hydrogen) atoms. The average molecular weight is 257 g/mol. The second-order valence-electron chi connectivity index (χ2n) is 3.69. The van der Waals surface area contributed by atoms with Gasteiger partial charge in [0.15, 0.2) is 0 Å². The Labute approximate surface area is 101 Å². The molecular formula is C11H15NO4S. The van der Waals surface area contributed by atoms with Crippen molar-refractivity contribution in [2.24, 2.45) is 0 Å². The Kier molecular flexibility index (Phi) is 3.66. The van der Waals surface area contributed by atoms with Crippen LogP contribution in [0, 0.1) is 0 Å². The van der Waals surface area contributed by atoms with Crippen molar-refractivity contribution >= 4 is 10.0 Å². The zero-order valence-electron chi connectivity index (χ0n) is 9.63. The van der Waals surface area contributed by atoms with Crippen molar-refractivity contribution in [1.82, 2.24) is 4.31 Å². The molecule has 0 bridgehead atoms. The number of hydrogen-bond acceptors (Lipinski definition) is 4. The number of morpholine rings is 1. The van der Waals surface area contributed by atoms with Crippen molar-refractivity contribution in [3.63, 3.8) is 0 Å². The summed E-state index contributed by atoms with van der Waals surface area (Å²) in [7, 11) is -1.84. The smallest absolute Gasteiger partial charge is 0.243 e. The summed E-state index contributed by atoms with van der Waals surface area (Å²) in [5.74, 6) is 0.644. The first kappa shape index (κ1) is 12.3. The second-order valence-corrected chi connectivity index (χ2v) is 5.63. The normalized spacial score (nSPS) is 17.9. The molecule has 2 rings (SSSR count). The minimum atomic E-state index is -3.39. The van der Waals surface area contributed by atoms with Gasteiger partial charge in [0.05, 0.1) is 25.2 Å². The lowest BCUT2D eigenvalue weighted by Gasteiger charge is -2.26. The van der Waals surface area contributed by atoms with E-state index in [1.165, 1.54) is 4.31 Å². The van der Waals surface area contributed by atoms with E-state index in [0.29, 0.717) is 36.9 Å². The van der Waals surface area contributed by atoms with Crippen LogP contribution in [0.4, 0.5) is 0 Å². The quantitative estimate of drug-likeness (QED) is 0.800. The van der Waals surface area contributed by atoms with E-state index in [4.69, 9.17) is 9.47 Å². The van der Waals surface area contributed by atoms with Gasteiger partial charge in [-0.2, -0.15) is 4.31 Å². The monoisotopic (exact) mass is 257 g/mol. The maximum atomic E-state index is 12.2. The molecule has 94 valence electrons. The molecule has 0 aromatic heterocycles. The van der Waals surface area contributed by atoms with Gasteiger partial charge in [0.1, 0.15) is 5.75 Å². The molecule has 1 aliphatic heterocycles. The van der Waals surface area contributed by atoms with E-state index >= 15 is 0 Å². The van der Waals surface area contributed by atoms with E-state index in [1.807, 2.05) is 0 Å². The Morgan fingerprint density at radius 1 is 1.18 bits per heavy atom. The third-order valence-electron chi connectivity index (χ3n) is 2.67. The zero-order valence-corrected chi connectivity index (χ0v) is 10.4. The van der Waals surface area contributed by atoms with Crippen LogP contribution in [0.15, 0.2) is 29.2 Å². The number of hydrogen-bond donors (Lipinski definition) is 0. The van der Waals surface area contributed by atoms with Gasteiger partial charge in [-0.3, -0.25) is 0 Å². The van der Waals surface area contributed by atoms with Crippen molar-refractivity contribution < 1.29 is 17.9 Å². The van der Waals surface area contributed by atoms with Crippen LogP contribution in [0.5, 0.6) is 5.75 Å². The van der Waals surface area contributed by atoms with Crippen molar-refractivity contribution in [3.05, 3.63) is 24.3 Å². The highest BCUT2D eigenvalue weighted by atomic mass is 32.2. The summed E-state index contributed by atoms with van der Waals surface area (Å²) < 4.78 is 36.0. The van der Waals surface area contributed by atoms with Crippen LogP contribution in [-0.2, 0) is 14.8 Å². The van der Waals surface area contributed by atoms with Crippen LogP contribution in [0.3, 0.4) is 0 Å². The number of ether oxygens (including phenoxy) is 2. The first-order chi connectivity index (χ1) is 8.14. The molecular weight excluding hydrogens is 242 g/mol. The molecule has 0 atom stereocenters. The van der Waals surface area contributed by atoms with Crippen LogP contribution >= 0.6 is 0 Å². The predicted molar refractivity (Wildman–Crippen MR) is 62.6 cm³/mol. The predicted octanol–water partition coefficient (Wildman–Crippen LogP) is 0.716. The Bertz CT molecular complexity index is 463. The molecule has 0 unspecified atom stereocenters. The first-order valence-corrected chi connectivity index (χ1v) is 6.80. The first-order valence-electron chi connectivity index (χ1n) is 5.36. The number of rotatable bonds is 3. The summed E-state index contributed by atoms with van der Waals surface area (Å²) in [6, 6.07) is 6.41. The molecule has 0 spiro atoms. The van der Waals surface area contributed by atoms with Crippen LogP contribution in [0.1, 0.15) is 0 Å². The van der Waals surface area contributed by atoms with Crippen molar-refractivity contribution in [1.29, 1.82) is 0 Å². The van der Waals surface area contributed by atoms with E-state index in [0.717, 1.165) is 0 Å². The Morgan fingerprint density at radius 2 is 1.76 bits per heavy atom. The highest BCUT2D eigenvalue weighted by molar-refractivity contribution is 7.89. The Hall–Kier alpha value is -1.11. The molecule has 1 aliphatic rings. The minimum Gasteiger partial charge on any atom is -0.497 e. The number of benzene rings is 1. The topological polar surface area (TPSA) is 55.8 Å². The summed E-state index contributed by atoms with van der Waals surface area (Å²) in [5, 5.41) is 0. The van der Waals surface area contributed by atoms with Crippen molar-refractivity contribution in [2.75, 3.05) is 33.4 Å². The third kappa shape index (κ3) is 2.59. The Balaban J connectivity index is 2.23. The summed E-state index contributed by atoms with van der Waals surface area (Å²) in [4.78, 5) is 0.292. The molecule has 0 saturated carbocycles. The van der Waals surface area contributed by atoms with Gasteiger partial charge in [0, 0.05) is 13.1 Å². The molecule has 6 heteroatoms. The van der Waals surface area contributed by atoms with Crippen molar-refractivity contribution in [2.45, 2.75) is 4.90 Å². The van der Waals surface area contributed by atoms with Crippen LogP contribution in [-0.4, -0.2) is 46.1 Å². The van der Waals surface area contributed by atoms with Gasteiger partial charge in [-0.15, -0.1) is 0 Å². The fraction of sp³-hybridized carbons (Fsp3) is 0.455. The lowest BCUT2D eigenvalue weighted by atomic mass is 10.3. The lowest BCUT2D eigenvalue weighted by Crippen LogP contribution is -2.40. The molecule has 1 aromatic rings. The van der Waals surface area contributed by atoms with Crippen LogP contribution in [0.25, 0.3) is 0 Å². The largest absolute Gasteiger partial charge is 0.497 e. The van der Waals surface area contributed by atoms with Gasteiger partial charge < -0.3 is 9.47 Å². The van der Waals surface area contributed by atoms with Gasteiger partial charge in [0.2, 0.25) is 10.0 Å². The number of nitrogens with zero attached hydrogens (tertiary/aromatic N) is 1. The summed E-state index contributed by atoms with van der Waals surface area (Å²) in [6.07, 6.45) is 0. The molecule has 1 fully saturated rings. The van der Waals surface area contributed by atoms with Crippen LogP contribution in [0.2, 0.25) is 0 Å². The minimum absolute atomic E-state index is 0.292. The van der Waals surface area contributed by atoms with Gasteiger partial charge in [-0.25, -0.2) is 8.42 Å². The van der Waals surface area contributed by atoms with Crippen molar-refractivity contribution in [3.8, 4) is 5.75 Å². The summed E-state index contributed by atoms with van der Waals surface area (Å²) >= 11 is 0. The zero-order chi connectivity index (χ0) is 12.3. The molecule has 1 saturated heterocycles. The molecule has 0 amide bonds. The molecule has 5 nitrogen and oxygen atoms in total. The van der Waals surface area contributed by atoms with E-state index in [9.17, 15) is 8.42 Å². The highest BCUT2D eigenvalue weighted by Crippen LogP contribution is 2.19. The van der Waals surface area contributed by atoms with Gasteiger partial charge in [0.25, 0.3) is 0 Å². The van der Waals surface area contributed by atoms with Gasteiger partial charge >= 0.3 is 0 Å². The lowest BCUT2D eigenvalue weighted by molar-refractivity contribution is 0.0730. The third-order valence-corrected chi connectivity index (χ3v) is 4.58. The van der Waals surface area contributed by atoms with Crippen LogP contribution < -0.4 is 4.74 Å². The SMILES string of the molecule is COc1ccc(S(=O)(=O)N2CCOCC2)cc1. The fourth-order valence-electron chi connectivity index (χ4n) is 1.68. The number of sulfonamides is 1. The molecule has 0 N–H and O–H groups in total.